The highest BCUT2D eigenvalue weighted by Gasteiger charge is 2.51. The van der Waals surface area contributed by atoms with E-state index in [4.69, 9.17) is 0 Å². The number of para-hydroxylation sites is 4. The van der Waals surface area contributed by atoms with Gasteiger partial charge in [-0.2, -0.15) is 0 Å². The third-order valence-electron chi connectivity index (χ3n) is 16.8. The lowest BCUT2D eigenvalue weighted by Gasteiger charge is -2.40. The van der Waals surface area contributed by atoms with E-state index in [1.807, 2.05) is 0 Å². The smallest absolute Gasteiger partial charge is 0.0754 e. The third-order valence-corrected chi connectivity index (χ3v) is 16.8. The van der Waals surface area contributed by atoms with Crippen LogP contribution < -0.4 is 4.90 Å². The summed E-state index contributed by atoms with van der Waals surface area (Å²) in [6, 6.07) is 83.1. The maximum atomic E-state index is 2.62. The molecule has 1 aromatic heterocycles. The quantitative estimate of drug-likeness (QED) is 0.171. The lowest BCUT2D eigenvalue weighted by Crippen LogP contribution is -2.33. The molecule has 0 bridgehead atoms. The first kappa shape index (κ1) is 38.9. The van der Waals surface area contributed by atoms with Crippen LogP contribution in [-0.4, -0.2) is 4.57 Å². The van der Waals surface area contributed by atoms with Crippen molar-refractivity contribution in [3.05, 3.63) is 263 Å². The van der Waals surface area contributed by atoms with E-state index < -0.39 is 5.41 Å². The van der Waals surface area contributed by atoms with Gasteiger partial charge in [0, 0.05) is 44.1 Å². The van der Waals surface area contributed by atoms with E-state index in [2.05, 4.69) is 256 Å². The second-order valence-electron chi connectivity index (χ2n) is 20.8. The molecule has 0 fully saturated rings. The fourth-order valence-corrected chi connectivity index (χ4v) is 13.8. The van der Waals surface area contributed by atoms with Gasteiger partial charge in [-0.1, -0.05) is 210 Å². The lowest BCUT2D eigenvalue weighted by molar-refractivity contribution is 0.660. The van der Waals surface area contributed by atoms with Gasteiger partial charge < -0.3 is 9.47 Å². The number of anilines is 3. The van der Waals surface area contributed by atoms with E-state index in [0.29, 0.717) is 0 Å². The van der Waals surface area contributed by atoms with Gasteiger partial charge in [0.15, 0.2) is 0 Å². The van der Waals surface area contributed by atoms with Gasteiger partial charge in [-0.25, -0.2) is 0 Å². The predicted octanol–water partition coefficient (Wildman–Crippen LogP) is 17.2. The predicted molar refractivity (Wildman–Crippen MR) is 287 cm³/mol. The summed E-state index contributed by atoms with van der Waals surface area (Å²) in [5, 5.41) is 2.55. The Hall–Kier alpha value is -8.20. The second-order valence-corrected chi connectivity index (χ2v) is 20.8. The van der Waals surface area contributed by atoms with Crippen LogP contribution in [0.3, 0.4) is 0 Å². The van der Waals surface area contributed by atoms with Crippen LogP contribution in [0, 0.1) is 0 Å². The molecule has 2 heteroatoms. The van der Waals surface area contributed by atoms with Crippen molar-refractivity contribution in [3.8, 4) is 50.2 Å². The van der Waals surface area contributed by atoms with Gasteiger partial charge in [-0.05, 0) is 114 Å². The van der Waals surface area contributed by atoms with Gasteiger partial charge >= 0.3 is 0 Å². The van der Waals surface area contributed by atoms with Gasteiger partial charge in [0.1, 0.15) is 0 Å². The van der Waals surface area contributed by atoms with Gasteiger partial charge in [0.2, 0.25) is 0 Å². The minimum atomic E-state index is -0.544. The third kappa shape index (κ3) is 4.81. The molecule has 69 heavy (non-hydrogen) atoms. The highest BCUT2D eigenvalue weighted by molar-refractivity contribution is 6.14. The minimum Gasteiger partial charge on any atom is -0.310 e. The maximum absolute atomic E-state index is 2.62. The van der Waals surface area contributed by atoms with Crippen LogP contribution in [0.5, 0.6) is 0 Å². The van der Waals surface area contributed by atoms with Crippen LogP contribution in [0.15, 0.2) is 218 Å². The zero-order valence-electron chi connectivity index (χ0n) is 39.2. The van der Waals surface area contributed by atoms with Crippen molar-refractivity contribution in [3.63, 3.8) is 0 Å². The van der Waals surface area contributed by atoms with E-state index in [1.165, 1.54) is 117 Å². The van der Waals surface area contributed by atoms with E-state index in [1.54, 1.807) is 0 Å². The molecule has 2 nitrogen and oxygen atoms in total. The van der Waals surface area contributed by atoms with Crippen molar-refractivity contribution in [2.24, 2.45) is 0 Å². The van der Waals surface area contributed by atoms with Crippen LogP contribution in [0.1, 0.15) is 72.2 Å². The molecule has 0 unspecified atom stereocenters. The summed E-state index contributed by atoms with van der Waals surface area (Å²) in [5.74, 6) is 0. The Labute approximate surface area is 403 Å². The Morgan fingerprint density at radius 2 is 0.783 bits per heavy atom. The highest BCUT2D eigenvalue weighted by Crippen LogP contribution is 2.63. The molecule has 0 atom stereocenters. The van der Waals surface area contributed by atoms with Crippen LogP contribution in [0.2, 0.25) is 0 Å². The molecular formula is C67H48N2. The first-order chi connectivity index (χ1) is 33.8. The van der Waals surface area contributed by atoms with Crippen LogP contribution in [0.25, 0.3) is 72.0 Å². The van der Waals surface area contributed by atoms with Gasteiger partial charge in [0.05, 0.1) is 27.8 Å². The summed E-state index contributed by atoms with van der Waals surface area (Å²) in [6.07, 6.45) is 0. The van der Waals surface area contributed by atoms with Crippen molar-refractivity contribution in [2.75, 3.05) is 4.90 Å². The SMILES string of the molecule is CC1(C)c2ccccc2-c2cc(N(c3ccc4c(c3)C(C)(C)c3ccccc3-4)c3ccccc3-c3cccc4c3-n3c5ccccc5c5cccc(c53)C43c4ccccc4-c4ccccc43)ccc21. The molecule has 3 aliphatic carbocycles. The molecule has 2 heterocycles. The number of nitrogens with zero attached hydrogens (tertiary/aromatic N) is 2. The Balaban J connectivity index is 1.04. The normalized spacial score (nSPS) is 15.3. The fourth-order valence-electron chi connectivity index (χ4n) is 13.8. The maximum Gasteiger partial charge on any atom is 0.0754 e. The molecule has 0 saturated heterocycles. The van der Waals surface area contributed by atoms with Crippen molar-refractivity contribution in [1.82, 2.24) is 4.57 Å². The van der Waals surface area contributed by atoms with Gasteiger partial charge in [-0.3, -0.25) is 0 Å². The van der Waals surface area contributed by atoms with E-state index >= 15 is 0 Å². The minimum absolute atomic E-state index is 0.103. The summed E-state index contributed by atoms with van der Waals surface area (Å²) in [5.41, 5.74) is 27.4. The van der Waals surface area contributed by atoms with Crippen molar-refractivity contribution in [1.29, 1.82) is 0 Å². The first-order valence-electron chi connectivity index (χ1n) is 24.5. The Morgan fingerprint density at radius 3 is 1.51 bits per heavy atom. The molecule has 4 aliphatic rings. The number of hydrogen-bond acceptors (Lipinski definition) is 1. The Morgan fingerprint density at radius 1 is 0.319 bits per heavy atom. The van der Waals surface area contributed by atoms with Gasteiger partial charge in [0.25, 0.3) is 0 Å². The Bertz CT molecular complexity index is 4000. The number of hydrogen-bond donors (Lipinski definition) is 0. The molecule has 0 amide bonds. The molecule has 11 aromatic rings. The largest absolute Gasteiger partial charge is 0.310 e. The summed E-state index contributed by atoms with van der Waals surface area (Å²) >= 11 is 0. The molecule has 1 aliphatic heterocycles. The molecule has 0 saturated carbocycles. The molecule has 0 N–H and O–H groups in total. The molecular weight excluding hydrogens is 833 g/mol. The molecule has 10 aromatic carbocycles. The van der Waals surface area contributed by atoms with Crippen molar-refractivity contribution >= 4 is 38.9 Å². The average Bonchev–Trinajstić information content (AvgIpc) is 4.04. The zero-order chi connectivity index (χ0) is 46.0. The second kappa shape index (κ2) is 13.5. The molecule has 0 radical (unpaired) electrons. The summed E-state index contributed by atoms with van der Waals surface area (Å²) in [4.78, 5) is 2.55. The zero-order valence-corrected chi connectivity index (χ0v) is 39.2. The van der Waals surface area contributed by atoms with Crippen LogP contribution in [-0.2, 0) is 16.2 Å². The number of benzene rings is 10. The van der Waals surface area contributed by atoms with Crippen molar-refractivity contribution in [2.45, 2.75) is 43.9 Å². The van der Waals surface area contributed by atoms with E-state index in [9.17, 15) is 0 Å². The van der Waals surface area contributed by atoms with Crippen molar-refractivity contribution < 1.29 is 0 Å². The summed E-state index contributed by atoms with van der Waals surface area (Å²) in [6.45, 7) is 9.52. The van der Waals surface area contributed by atoms with Gasteiger partial charge in [-0.15, -0.1) is 0 Å². The number of fused-ring (bicyclic) bond motifs is 18. The number of aromatic nitrogens is 1. The Kier molecular flexibility index (Phi) is 7.60. The summed E-state index contributed by atoms with van der Waals surface area (Å²) in [7, 11) is 0. The molecule has 326 valence electrons. The monoisotopic (exact) mass is 880 g/mol. The van der Waals surface area contributed by atoms with E-state index in [-0.39, 0.29) is 10.8 Å². The number of rotatable bonds is 4. The lowest BCUT2D eigenvalue weighted by atomic mass is 9.65. The van der Waals surface area contributed by atoms with Crippen LogP contribution >= 0.6 is 0 Å². The highest BCUT2D eigenvalue weighted by atomic mass is 15.1. The molecule has 1 spiro atoms. The first-order valence-corrected chi connectivity index (χ1v) is 24.5. The van der Waals surface area contributed by atoms with Crippen LogP contribution in [0.4, 0.5) is 17.1 Å². The average molecular weight is 881 g/mol. The topological polar surface area (TPSA) is 8.17 Å². The summed E-state index contributed by atoms with van der Waals surface area (Å²) < 4.78 is 2.62. The fraction of sp³-hybridized carbons (Fsp3) is 0.104. The van der Waals surface area contributed by atoms with E-state index in [0.717, 1.165) is 17.1 Å². The standard InChI is InChI=1S/C67H48N2/c1-65(2)54-28-12-6-22-46(54)52-39-41(36-38-55(52)65)68(42-35-37-47-43-19-5-11-27-53(43)66(3,4)60(47)40-42)61-33-15-9-23-48(61)50-25-17-31-58-63(50)69-62-34-16-10-24-49(62)51-26-18-32-59(64(51)69)67(58)56-29-13-7-20-44(56)45-21-8-14-30-57(45)67/h5-40H,1-4H3. The molecule has 15 rings (SSSR count).